The predicted octanol–water partition coefficient (Wildman–Crippen LogP) is 12.7. The summed E-state index contributed by atoms with van der Waals surface area (Å²) in [6.45, 7) is 13.9. The molecule has 0 nitrogen and oxygen atoms in total. The zero-order valence-corrected chi connectivity index (χ0v) is 31.7. The molecular weight excluding hydrogens is 695 g/mol. The maximum atomic E-state index is 2.80. The number of benzene rings is 4. The Morgan fingerprint density at radius 1 is 0.568 bits per heavy atom. The summed E-state index contributed by atoms with van der Waals surface area (Å²) < 4.78 is 6.84. The van der Waals surface area contributed by atoms with Gasteiger partial charge in [0.2, 0.25) is 0 Å². The normalized spacial score (nSPS) is 20.4. The molecule has 0 bridgehead atoms. The van der Waals surface area contributed by atoms with Gasteiger partial charge in [0.1, 0.15) is 0 Å². The molecule has 0 N–H and O–H groups in total. The molecule has 3 aliphatic rings. The van der Waals surface area contributed by atoms with Gasteiger partial charge in [-0.1, -0.05) is 0 Å². The second kappa shape index (κ2) is 10.9. The summed E-state index contributed by atoms with van der Waals surface area (Å²) in [5, 5.41) is 0. The summed E-state index contributed by atoms with van der Waals surface area (Å²) in [6.07, 6.45) is 10.4. The van der Waals surface area contributed by atoms with Crippen molar-refractivity contribution in [3.63, 3.8) is 0 Å². The van der Waals surface area contributed by atoms with E-state index in [2.05, 4.69) is 136 Å². The first kappa shape index (κ1) is 29.9. The zero-order valence-electron chi connectivity index (χ0n) is 28.1. The van der Waals surface area contributed by atoms with Gasteiger partial charge in [-0.2, -0.15) is 0 Å². The molecule has 1 saturated heterocycles. The summed E-state index contributed by atoms with van der Waals surface area (Å²) in [6, 6.07) is 28.5. The number of allylic oxidation sites excluding steroid dienone is 2. The SMILES string of the molecule is CCCC1(CCC)C2=Cc3c(-c4cc(C)ccc4C)cccc3[CH]2[Hf]([CH3])([CH3])[CH]2C1=Cc1c(-c3cc(C)ccc3C)cccc12. The first-order chi connectivity index (χ1) is 21.1. The number of fused-ring (bicyclic) bond motifs is 6. The monoisotopic (exact) mass is 744 g/mol. The van der Waals surface area contributed by atoms with Gasteiger partial charge in [0.05, 0.1) is 0 Å². The molecule has 1 aliphatic heterocycles. The second-order valence-corrected chi connectivity index (χ2v) is 32.0. The third kappa shape index (κ3) is 4.32. The van der Waals surface area contributed by atoms with E-state index >= 15 is 0 Å². The minimum absolute atomic E-state index is 0.129. The van der Waals surface area contributed by atoms with E-state index in [-0.39, 0.29) is 5.41 Å². The van der Waals surface area contributed by atoms with Crippen LogP contribution in [-0.4, -0.2) is 0 Å². The molecule has 2 aliphatic carbocycles. The van der Waals surface area contributed by atoms with Crippen LogP contribution in [0.2, 0.25) is 9.36 Å². The molecule has 7 rings (SSSR count). The van der Waals surface area contributed by atoms with Crippen molar-refractivity contribution in [1.29, 1.82) is 0 Å². The van der Waals surface area contributed by atoms with E-state index in [1.165, 1.54) is 81.3 Å². The molecule has 1 heterocycles. The fraction of sp³-hybridized carbons (Fsp3) is 0.349. The van der Waals surface area contributed by atoms with Crippen molar-refractivity contribution in [2.45, 2.75) is 83.9 Å². The van der Waals surface area contributed by atoms with Crippen LogP contribution in [0.15, 0.2) is 83.9 Å². The van der Waals surface area contributed by atoms with E-state index in [4.69, 9.17) is 0 Å². The first-order valence-electron chi connectivity index (χ1n) is 17.0. The van der Waals surface area contributed by atoms with Crippen LogP contribution >= 0.6 is 0 Å². The van der Waals surface area contributed by atoms with Crippen LogP contribution in [0.4, 0.5) is 0 Å². The molecular formula is C43H48Hf. The third-order valence-electron chi connectivity index (χ3n) is 11.4. The van der Waals surface area contributed by atoms with Crippen LogP contribution in [0.25, 0.3) is 34.4 Å². The number of rotatable bonds is 6. The van der Waals surface area contributed by atoms with Crippen molar-refractivity contribution in [2.75, 3.05) is 0 Å². The number of aryl methyl sites for hydroxylation is 4. The molecule has 4 aromatic rings. The van der Waals surface area contributed by atoms with Gasteiger partial charge < -0.3 is 0 Å². The van der Waals surface area contributed by atoms with Crippen LogP contribution in [-0.2, 0) is 20.0 Å². The Hall–Kier alpha value is -2.77. The first-order valence-corrected chi connectivity index (χ1v) is 28.3. The molecule has 4 aromatic carbocycles. The summed E-state index contributed by atoms with van der Waals surface area (Å²) in [7, 11) is 0. The summed E-state index contributed by atoms with van der Waals surface area (Å²) in [4.78, 5) is 0. The van der Waals surface area contributed by atoms with E-state index in [0.717, 1.165) is 0 Å². The number of hydrogen-bond donors (Lipinski definition) is 0. The molecule has 1 heteroatoms. The van der Waals surface area contributed by atoms with Crippen molar-refractivity contribution in [1.82, 2.24) is 0 Å². The summed E-state index contributed by atoms with van der Waals surface area (Å²) in [5.74, 6) is 0. The molecule has 0 radical (unpaired) electrons. The molecule has 0 spiro atoms. The number of hydrogen-bond acceptors (Lipinski definition) is 0. The van der Waals surface area contributed by atoms with Crippen molar-refractivity contribution < 1.29 is 20.0 Å². The topological polar surface area (TPSA) is 0 Å². The second-order valence-electron chi connectivity index (χ2n) is 14.7. The third-order valence-corrected chi connectivity index (χ3v) is 26.6. The molecule has 0 saturated carbocycles. The maximum absolute atomic E-state index is 3.12. The van der Waals surface area contributed by atoms with Gasteiger partial charge in [-0.3, -0.25) is 0 Å². The van der Waals surface area contributed by atoms with Gasteiger partial charge in [0, 0.05) is 0 Å². The van der Waals surface area contributed by atoms with Gasteiger partial charge in [0.25, 0.3) is 0 Å². The Labute approximate surface area is 270 Å². The van der Waals surface area contributed by atoms with Crippen LogP contribution in [0.5, 0.6) is 0 Å². The van der Waals surface area contributed by atoms with Crippen LogP contribution in [0.1, 0.15) is 91.4 Å². The molecule has 2 unspecified atom stereocenters. The quantitative estimate of drug-likeness (QED) is 0.173. The fourth-order valence-corrected chi connectivity index (χ4v) is 26.8. The van der Waals surface area contributed by atoms with Gasteiger partial charge in [-0.25, -0.2) is 0 Å². The van der Waals surface area contributed by atoms with E-state index in [1.54, 1.807) is 22.3 Å². The molecule has 0 aromatic heterocycles. The van der Waals surface area contributed by atoms with Crippen LogP contribution in [0.3, 0.4) is 0 Å². The standard InChI is InChI=1S/C41H42.2CH3.Hf/c1-7-19-41(20-8-2,33-23-31-11-9-13-35(39(31)25-33)37-21-27(3)15-17-29(37)5)34-24-32-12-10-14-36(40(32)26-34)38-22-28(4)16-18-30(38)6;;;/h9-18,21-26H,7-8,19-20H2,1-6H3;2*1H3;. The molecule has 2 atom stereocenters. The Morgan fingerprint density at radius 3 is 1.41 bits per heavy atom. The van der Waals surface area contributed by atoms with E-state index < -0.39 is 20.0 Å². The van der Waals surface area contributed by atoms with Crippen molar-refractivity contribution in [3.05, 3.63) is 128 Å². The Balaban J connectivity index is 1.50. The van der Waals surface area contributed by atoms with E-state index in [1.807, 2.05) is 0 Å². The zero-order chi connectivity index (χ0) is 31.0. The summed E-state index contributed by atoms with van der Waals surface area (Å²) in [5.41, 5.74) is 21.1. The Morgan fingerprint density at radius 2 is 1.00 bits per heavy atom. The molecule has 1 fully saturated rings. The van der Waals surface area contributed by atoms with Gasteiger partial charge in [-0.05, 0) is 0 Å². The minimum atomic E-state index is -3.12. The summed E-state index contributed by atoms with van der Waals surface area (Å²) >= 11 is -3.12. The average Bonchev–Trinajstić information content (AvgIpc) is 3.60. The predicted molar refractivity (Wildman–Crippen MR) is 188 cm³/mol. The van der Waals surface area contributed by atoms with Crippen molar-refractivity contribution >= 4 is 12.2 Å². The van der Waals surface area contributed by atoms with Gasteiger partial charge in [-0.15, -0.1) is 0 Å². The van der Waals surface area contributed by atoms with E-state index in [0.29, 0.717) is 7.35 Å². The molecule has 44 heavy (non-hydrogen) atoms. The Bertz CT molecular complexity index is 1730. The van der Waals surface area contributed by atoms with Crippen LogP contribution in [0, 0.1) is 33.1 Å². The average molecular weight is 743 g/mol. The van der Waals surface area contributed by atoms with E-state index in [9.17, 15) is 0 Å². The molecule has 224 valence electrons. The Kier molecular flexibility index (Phi) is 7.44. The van der Waals surface area contributed by atoms with Crippen molar-refractivity contribution in [2.24, 2.45) is 5.41 Å². The molecule has 0 amide bonds. The van der Waals surface area contributed by atoms with Gasteiger partial charge in [0.15, 0.2) is 0 Å². The van der Waals surface area contributed by atoms with Gasteiger partial charge >= 0.3 is 272 Å². The van der Waals surface area contributed by atoms with Crippen LogP contribution < -0.4 is 0 Å². The van der Waals surface area contributed by atoms with Crippen molar-refractivity contribution in [3.8, 4) is 22.3 Å². The fourth-order valence-electron chi connectivity index (χ4n) is 9.65.